The molecule has 3 aromatic rings. The highest BCUT2D eigenvalue weighted by Gasteiger charge is 2.22. The number of amides is 1. The number of hydrogen-bond donors (Lipinski definition) is 1. The highest BCUT2D eigenvalue weighted by molar-refractivity contribution is 7.92. The number of morpholine rings is 1. The average molecular weight is 448 g/mol. The number of nitrogens with one attached hydrogen (secondary N) is 1. The van der Waals surface area contributed by atoms with Crippen molar-refractivity contribution in [1.29, 1.82) is 0 Å². The molecule has 156 valence electrons. The van der Waals surface area contributed by atoms with Crippen molar-refractivity contribution in [3.8, 4) is 5.82 Å². The van der Waals surface area contributed by atoms with Gasteiger partial charge in [-0.05, 0) is 18.2 Å². The standard InChI is InChI=1S/C19H18ClN5O4S/c20-15-10-17(23-30(27,28)16-4-2-1-3-5-16)18(21-12-15)25-13-14(11-22-25)19(26)24-6-8-29-9-7-24/h1-5,10-13,23H,6-9H2. The van der Waals surface area contributed by atoms with Crippen molar-refractivity contribution in [2.75, 3.05) is 31.0 Å². The number of rotatable bonds is 5. The summed E-state index contributed by atoms with van der Waals surface area (Å²) >= 11 is 6.04. The summed E-state index contributed by atoms with van der Waals surface area (Å²) in [6.07, 6.45) is 4.31. The smallest absolute Gasteiger partial charge is 0.262 e. The van der Waals surface area contributed by atoms with Crippen LogP contribution in [-0.2, 0) is 14.8 Å². The molecule has 0 radical (unpaired) electrons. The minimum absolute atomic E-state index is 0.0968. The lowest BCUT2D eigenvalue weighted by Gasteiger charge is -2.26. The number of halogens is 1. The monoisotopic (exact) mass is 447 g/mol. The maximum Gasteiger partial charge on any atom is 0.262 e. The van der Waals surface area contributed by atoms with Crippen molar-refractivity contribution in [1.82, 2.24) is 19.7 Å². The van der Waals surface area contributed by atoms with Gasteiger partial charge in [0.25, 0.3) is 15.9 Å². The van der Waals surface area contributed by atoms with Gasteiger partial charge in [-0.15, -0.1) is 0 Å². The Bertz CT molecular complexity index is 1160. The molecule has 3 heterocycles. The molecule has 0 saturated carbocycles. The topological polar surface area (TPSA) is 106 Å². The van der Waals surface area contributed by atoms with E-state index in [0.717, 1.165) is 0 Å². The van der Waals surface area contributed by atoms with E-state index >= 15 is 0 Å². The lowest BCUT2D eigenvalue weighted by atomic mass is 10.3. The largest absolute Gasteiger partial charge is 0.378 e. The van der Waals surface area contributed by atoms with Gasteiger partial charge in [-0.25, -0.2) is 18.1 Å². The van der Waals surface area contributed by atoms with E-state index in [1.165, 1.54) is 41.5 Å². The number of aromatic nitrogens is 3. The zero-order valence-electron chi connectivity index (χ0n) is 15.7. The van der Waals surface area contributed by atoms with Gasteiger partial charge in [0.1, 0.15) is 0 Å². The molecular formula is C19H18ClN5O4S. The summed E-state index contributed by atoms with van der Waals surface area (Å²) < 4.78 is 34.6. The van der Waals surface area contributed by atoms with Crippen LogP contribution in [0.25, 0.3) is 5.82 Å². The van der Waals surface area contributed by atoms with Crippen molar-refractivity contribution in [2.24, 2.45) is 0 Å². The number of carbonyl (C=O) groups excluding carboxylic acids is 1. The Balaban J connectivity index is 1.64. The van der Waals surface area contributed by atoms with Crippen molar-refractivity contribution in [3.05, 3.63) is 65.6 Å². The third-order valence-corrected chi connectivity index (χ3v) is 6.06. The van der Waals surface area contributed by atoms with Crippen LogP contribution in [-0.4, -0.2) is 60.3 Å². The van der Waals surface area contributed by atoms with Crippen LogP contribution < -0.4 is 4.72 Å². The molecule has 1 aliphatic heterocycles. The Morgan fingerprint density at radius 3 is 2.60 bits per heavy atom. The van der Waals surface area contributed by atoms with Crippen LogP contribution in [0.1, 0.15) is 10.4 Å². The van der Waals surface area contributed by atoms with E-state index < -0.39 is 10.0 Å². The van der Waals surface area contributed by atoms with Gasteiger partial charge in [0.15, 0.2) is 5.82 Å². The molecule has 30 heavy (non-hydrogen) atoms. The first-order valence-electron chi connectivity index (χ1n) is 9.09. The third-order valence-electron chi connectivity index (χ3n) is 4.48. The van der Waals surface area contributed by atoms with Gasteiger partial charge in [0, 0.05) is 25.5 Å². The van der Waals surface area contributed by atoms with Gasteiger partial charge < -0.3 is 9.64 Å². The number of nitrogens with zero attached hydrogens (tertiary/aromatic N) is 4. The minimum atomic E-state index is -3.87. The number of hydrogen-bond acceptors (Lipinski definition) is 6. The van der Waals surface area contributed by atoms with Crippen LogP contribution in [0.3, 0.4) is 0 Å². The van der Waals surface area contributed by atoms with Crippen LogP contribution in [0.2, 0.25) is 5.02 Å². The first-order valence-corrected chi connectivity index (χ1v) is 11.0. The molecule has 2 aromatic heterocycles. The normalized spacial score (nSPS) is 14.5. The molecule has 11 heteroatoms. The summed E-state index contributed by atoms with van der Waals surface area (Å²) in [6, 6.07) is 9.38. The van der Waals surface area contributed by atoms with Gasteiger partial charge in [-0.3, -0.25) is 9.52 Å². The van der Waals surface area contributed by atoms with E-state index in [0.29, 0.717) is 31.9 Å². The second-order valence-corrected chi connectivity index (χ2v) is 8.64. The fraction of sp³-hybridized carbons (Fsp3) is 0.211. The van der Waals surface area contributed by atoms with Gasteiger partial charge in [-0.1, -0.05) is 29.8 Å². The second kappa shape index (κ2) is 8.42. The van der Waals surface area contributed by atoms with Crippen molar-refractivity contribution >= 4 is 33.2 Å². The first kappa shape index (κ1) is 20.3. The van der Waals surface area contributed by atoms with E-state index in [1.807, 2.05) is 0 Å². The summed E-state index contributed by atoms with van der Waals surface area (Å²) in [5.41, 5.74) is 0.505. The number of pyridine rings is 1. The van der Waals surface area contributed by atoms with Crippen molar-refractivity contribution < 1.29 is 17.9 Å². The van der Waals surface area contributed by atoms with Gasteiger partial charge in [0.2, 0.25) is 0 Å². The van der Waals surface area contributed by atoms with Gasteiger partial charge in [-0.2, -0.15) is 5.10 Å². The Kier molecular flexibility index (Phi) is 5.71. The van der Waals surface area contributed by atoms with E-state index in [1.54, 1.807) is 23.1 Å². The Labute approximate surface area is 178 Å². The maximum absolute atomic E-state index is 12.7. The number of sulfonamides is 1. The van der Waals surface area contributed by atoms with Crippen LogP contribution in [0, 0.1) is 0 Å². The molecule has 0 atom stereocenters. The fourth-order valence-corrected chi connectivity index (χ4v) is 4.22. The summed E-state index contributed by atoms with van der Waals surface area (Å²) in [6.45, 7) is 1.99. The number of carbonyl (C=O) groups is 1. The van der Waals surface area contributed by atoms with E-state index in [2.05, 4.69) is 14.8 Å². The summed E-state index contributed by atoms with van der Waals surface area (Å²) in [5, 5.41) is 4.44. The molecule has 1 amide bonds. The van der Waals surface area contributed by atoms with Crippen molar-refractivity contribution in [2.45, 2.75) is 4.90 Å². The zero-order valence-corrected chi connectivity index (χ0v) is 17.3. The highest BCUT2D eigenvalue weighted by Crippen LogP contribution is 2.25. The lowest BCUT2D eigenvalue weighted by Crippen LogP contribution is -2.40. The summed E-state index contributed by atoms with van der Waals surface area (Å²) in [5.74, 6) is 0.0184. The van der Waals surface area contributed by atoms with Crippen LogP contribution >= 0.6 is 11.6 Å². The molecular weight excluding hydrogens is 430 g/mol. The van der Waals surface area contributed by atoms with Crippen LogP contribution in [0.15, 0.2) is 59.9 Å². The van der Waals surface area contributed by atoms with Gasteiger partial charge >= 0.3 is 0 Å². The molecule has 0 spiro atoms. The SMILES string of the molecule is O=C(c1cnn(-c2ncc(Cl)cc2NS(=O)(=O)c2ccccc2)c1)N1CCOCC1. The molecule has 4 rings (SSSR count). The van der Waals surface area contributed by atoms with E-state index in [-0.39, 0.29) is 27.3 Å². The van der Waals surface area contributed by atoms with Crippen molar-refractivity contribution in [3.63, 3.8) is 0 Å². The summed E-state index contributed by atoms with van der Waals surface area (Å²) in [7, 11) is -3.87. The number of ether oxygens (including phenoxy) is 1. The lowest BCUT2D eigenvalue weighted by molar-refractivity contribution is 0.0303. The molecule has 0 unspecified atom stereocenters. The molecule has 1 N–H and O–H groups in total. The molecule has 1 fully saturated rings. The summed E-state index contributed by atoms with van der Waals surface area (Å²) in [4.78, 5) is 18.6. The minimum Gasteiger partial charge on any atom is -0.378 e. The second-order valence-electron chi connectivity index (χ2n) is 6.52. The molecule has 0 aliphatic carbocycles. The number of benzene rings is 1. The number of anilines is 1. The zero-order chi connectivity index (χ0) is 21.1. The van der Waals surface area contributed by atoms with E-state index in [4.69, 9.17) is 16.3 Å². The van der Waals surface area contributed by atoms with Crippen LogP contribution in [0.4, 0.5) is 5.69 Å². The third kappa shape index (κ3) is 4.30. The maximum atomic E-state index is 12.7. The average Bonchev–Trinajstić information content (AvgIpc) is 3.24. The highest BCUT2D eigenvalue weighted by atomic mass is 35.5. The molecule has 9 nitrogen and oxygen atoms in total. The molecule has 1 aromatic carbocycles. The van der Waals surface area contributed by atoms with Crippen LogP contribution in [0.5, 0.6) is 0 Å². The first-order chi connectivity index (χ1) is 14.4. The Hall–Kier alpha value is -2.95. The molecule has 1 saturated heterocycles. The molecule has 0 bridgehead atoms. The Morgan fingerprint density at radius 1 is 1.13 bits per heavy atom. The van der Waals surface area contributed by atoms with Gasteiger partial charge in [0.05, 0.1) is 40.6 Å². The predicted molar refractivity (Wildman–Crippen MR) is 110 cm³/mol. The quantitative estimate of drug-likeness (QED) is 0.642. The molecule has 1 aliphatic rings. The Morgan fingerprint density at radius 2 is 1.87 bits per heavy atom. The predicted octanol–water partition coefficient (Wildman–Crippen LogP) is 2.19. The fourth-order valence-electron chi connectivity index (χ4n) is 2.99. The van der Waals surface area contributed by atoms with E-state index in [9.17, 15) is 13.2 Å².